The van der Waals surface area contributed by atoms with Crippen molar-refractivity contribution in [3.63, 3.8) is 0 Å². The molecule has 1 unspecified atom stereocenters. The van der Waals surface area contributed by atoms with Crippen molar-refractivity contribution in [3.05, 3.63) is 126 Å². The Kier molecular flexibility index (Phi) is 5.53. The molecule has 0 amide bonds. The lowest BCUT2D eigenvalue weighted by Gasteiger charge is -2.15. The van der Waals surface area contributed by atoms with Crippen molar-refractivity contribution in [2.45, 2.75) is 19.4 Å². The Morgan fingerprint density at radius 3 is 2.14 bits per heavy atom. The molecule has 1 atom stereocenters. The Labute approximate surface area is 167 Å². The summed E-state index contributed by atoms with van der Waals surface area (Å²) in [5.74, 6) is 0.876. The fourth-order valence-electron chi connectivity index (χ4n) is 3.33. The van der Waals surface area contributed by atoms with E-state index in [0.29, 0.717) is 0 Å². The lowest BCUT2D eigenvalue weighted by Crippen LogP contribution is -2.02. The van der Waals surface area contributed by atoms with Crippen molar-refractivity contribution in [1.29, 1.82) is 0 Å². The first-order valence-corrected chi connectivity index (χ1v) is 9.64. The van der Waals surface area contributed by atoms with E-state index in [9.17, 15) is 0 Å². The molecule has 137 valence electrons. The molecule has 0 aliphatic heterocycles. The van der Waals surface area contributed by atoms with Gasteiger partial charge in [0.1, 0.15) is 11.9 Å². The zero-order valence-corrected chi connectivity index (χ0v) is 16.0. The second-order valence-electron chi connectivity index (χ2n) is 6.97. The third-order valence-electron chi connectivity index (χ3n) is 4.86. The quantitative estimate of drug-likeness (QED) is 0.362. The highest BCUT2D eigenvalue weighted by molar-refractivity contribution is 5.64. The molecule has 0 fully saturated rings. The van der Waals surface area contributed by atoms with E-state index in [1.54, 1.807) is 0 Å². The molecule has 0 aliphatic rings. The fourth-order valence-corrected chi connectivity index (χ4v) is 3.33. The van der Waals surface area contributed by atoms with E-state index in [1.165, 1.54) is 16.7 Å². The SMILES string of the molecule is CC(Oc1ccc(-c2[c]ccc(Cc3ccccc3)c2)cc1)c1ccccc1. The van der Waals surface area contributed by atoms with Gasteiger partial charge < -0.3 is 4.74 Å². The summed E-state index contributed by atoms with van der Waals surface area (Å²) in [6.45, 7) is 2.07. The van der Waals surface area contributed by atoms with Gasteiger partial charge >= 0.3 is 0 Å². The van der Waals surface area contributed by atoms with Crippen LogP contribution in [0.3, 0.4) is 0 Å². The average molecular weight is 363 g/mol. The van der Waals surface area contributed by atoms with Crippen LogP contribution in [0.4, 0.5) is 0 Å². The van der Waals surface area contributed by atoms with Gasteiger partial charge in [-0.05, 0) is 59.4 Å². The first kappa shape index (κ1) is 18.1. The van der Waals surface area contributed by atoms with Gasteiger partial charge in [0.2, 0.25) is 0 Å². The zero-order valence-electron chi connectivity index (χ0n) is 16.0. The molecular formula is C27H23O. The van der Waals surface area contributed by atoms with Gasteiger partial charge in [-0.1, -0.05) is 91.0 Å². The van der Waals surface area contributed by atoms with E-state index < -0.39 is 0 Å². The predicted molar refractivity (Wildman–Crippen MR) is 115 cm³/mol. The van der Waals surface area contributed by atoms with E-state index in [0.717, 1.165) is 23.3 Å². The van der Waals surface area contributed by atoms with E-state index in [1.807, 2.05) is 36.4 Å². The molecule has 4 aromatic carbocycles. The highest BCUT2D eigenvalue weighted by Gasteiger charge is 2.07. The summed E-state index contributed by atoms with van der Waals surface area (Å²) in [4.78, 5) is 0. The van der Waals surface area contributed by atoms with E-state index >= 15 is 0 Å². The van der Waals surface area contributed by atoms with Gasteiger partial charge in [-0.15, -0.1) is 0 Å². The topological polar surface area (TPSA) is 9.23 Å². The number of ether oxygens (including phenoxy) is 1. The van der Waals surface area contributed by atoms with Crippen LogP contribution >= 0.6 is 0 Å². The lowest BCUT2D eigenvalue weighted by molar-refractivity contribution is 0.227. The van der Waals surface area contributed by atoms with Crippen LogP contribution in [0.15, 0.2) is 103 Å². The van der Waals surface area contributed by atoms with Crippen LogP contribution in [0.1, 0.15) is 29.7 Å². The van der Waals surface area contributed by atoms with Crippen molar-refractivity contribution in [1.82, 2.24) is 0 Å². The Hall–Kier alpha value is -3.32. The number of rotatable bonds is 6. The van der Waals surface area contributed by atoms with Crippen LogP contribution in [0, 0.1) is 6.07 Å². The van der Waals surface area contributed by atoms with Gasteiger partial charge in [0.25, 0.3) is 0 Å². The van der Waals surface area contributed by atoms with Crippen LogP contribution in [0.5, 0.6) is 5.75 Å². The maximum Gasteiger partial charge on any atom is 0.121 e. The molecule has 0 saturated heterocycles. The van der Waals surface area contributed by atoms with Crippen molar-refractivity contribution >= 4 is 0 Å². The second kappa shape index (κ2) is 8.58. The Morgan fingerprint density at radius 2 is 1.43 bits per heavy atom. The third kappa shape index (κ3) is 4.50. The summed E-state index contributed by atoms with van der Waals surface area (Å²) in [6.07, 6.45) is 0.950. The standard InChI is InChI=1S/C27H23O/c1-21(24-12-6-3-7-13-24)28-27-17-15-25(16-18-27)26-14-8-11-23(20-26)19-22-9-4-2-5-10-22/h2-13,15-18,20-21H,19H2,1H3. The molecule has 0 N–H and O–H groups in total. The summed E-state index contributed by atoms with van der Waals surface area (Å²) < 4.78 is 6.08. The monoisotopic (exact) mass is 363 g/mol. The van der Waals surface area contributed by atoms with Gasteiger partial charge in [0, 0.05) is 0 Å². The van der Waals surface area contributed by atoms with E-state index in [4.69, 9.17) is 4.74 Å². The average Bonchev–Trinajstić information content (AvgIpc) is 2.76. The number of hydrogen-bond donors (Lipinski definition) is 0. The van der Waals surface area contributed by atoms with Crippen LogP contribution in [0.2, 0.25) is 0 Å². The molecule has 0 aromatic heterocycles. The van der Waals surface area contributed by atoms with Gasteiger partial charge in [0.15, 0.2) is 0 Å². The van der Waals surface area contributed by atoms with Crippen molar-refractivity contribution in [2.75, 3.05) is 0 Å². The summed E-state index contributed by atoms with van der Waals surface area (Å²) in [5, 5.41) is 0. The van der Waals surface area contributed by atoms with Crippen molar-refractivity contribution in [3.8, 4) is 16.9 Å². The lowest BCUT2D eigenvalue weighted by atomic mass is 9.99. The molecule has 0 heterocycles. The summed E-state index contributed by atoms with van der Waals surface area (Å²) in [7, 11) is 0. The maximum absolute atomic E-state index is 6.08. The molecule has 1 nitrogen and oxygen atoms in total. The van der Waals surface area contributed by atoms with Gasteiger partial charge in [-0.3, -0.25) is 0 Å². The van der Waals surface area contributed by atoms with E-state index in [2.05, 4.69) is 79.7 Å². The van der Waals surface area contributed by atoms with Gasteiger partial charge in [-0.25, -0.2) is 0 Å². The minimum atomic E-state index is 0.0211. The van der Waals surface area contributed by atoms with Crippen LogP contribution in [-0.4, -0.2) is 0 Å². The molecule has 1 radical (unpaired) electrons. The highest BCUT2D eigenvalue weighted by Crippen LogP contribution is 2.26. The Balaban J connectivity index is 1.47. The smallest absolute Gasteiger partial charge is 0.121 e. The van der Waals surface area contributed by atoms with E-state index in [-0.39, 0.29) is 6.10 Å². The van der Waals surface area contributed by atoms with Crippen molar-refractivity contribution in [2.24, 2.45) is 0 Å². The van der Waals surface area contributed by atoms with Crippen LogP contribution in [0.25, 0.3) is 11.1 Å². The van der Waals surface area contributed by atoms with Crippen molar-refractivity contribution < 1.29 is 4.74 Å². The molecule has 4 aromatic rings. The minimum Gasteiger partial charge on any atom is -0.486 e. The fraction of sp³-hybridized carbons (Fsp3) is 0.111. The molecule has 28 heavy (non-hydrogen) atoms. The number of hydrogen-bond acceptors (Lipinski definition) is 1. The summed E-state index contributed by atoms with van der Waals surface area (Å²) in [6, 6.07) is 38.8. The summed E-state index contributed by atoms with van der Waals surface area (Å²) >= 11 is 0. The largest absolute Gasteiger partial charge is 0.486 e. The Morgan fingerprint density at radius 1 is 0.750 bits per heavy atom. The minimum absolute atomic E-state index is 0.0211. The second-order valence-corrected chi connectivity index (χ2v) is 6.97. The first-order valence-electron chi connectivity index (χ1n) is 9.64. The number of benzene rings is 4. The molecule has 0 spiro atoms. The van der Waals surface area contributed by atoms with Gasteiger partial charge in [0.05, 0.1) is 0 Å². The maximum atomic E-state index is 6.08. The molecule has 0 saturated carbocycles. The van der Waals surface area contributed by atoms with Crippen LogP contribution in [-0.2, 0) is 6.42 Å². The first-order chi connectivity index (χ1) is 13.8. The Bertz CT molecular complexity index is 1000. The summed E-state index contributed by atoms with van der Waals surface area (Å²) in [5.41, 5.74) is 6.04. The predicted octanol–water partition coefficient (Wildman–Crippen LogP) is 6.88. The normalized spacial score (nSPS) is 11.8. The van der Waals surface area contributed by atoms with Crippen LogP contribution < -0.4 is 4.74 Å². The molecule has 0 bridgehead atoms. The third-order valence-corrected chi connectivity index (χ3v) is 4.86. The molecule has 0 aliphatic carbocycles. The molecular weight excluding hydrogens is 340 g/mol. The molecule has 1 heteroatoms. The molecule has 4 rings (SSSR count). The zero-order chi connectivity index (χ0) is 19.2. The highest BCUT2D eigenvalue weighted by atomic mass is 16.5. The van der Waals surface area contributed by atoms with Gasteiger partial charge in [-0.2, -0.15) is 0 Å².